The molecule has 1 fully saturated rings. The second-order valence-corrected chi connectivity index (χ2v) is 13.0. The van der Waals surface area contributed by atoms with Gasteiger partial charge in [-0.3, -0.25) is 4.79 Å². The van der Waals surface area contributed by atoms with Gasteiger partial charge in [0.05, 0.1) is 36.9 Å². The molecule has 3 aromatic rings. The summed E-state index contributed by atoms with van der Waals surface area (Å²) >= 11 is 5.06. The van der Waals surface area contributed by atoms with Crippen molar-refractivity contribution < 1.29 is 13.7 Å². The van der Waals surface area contributed by atoms with Crippen LogP contribution >= 0.6 is 11.6 Å². The Balaban J connectivity index is 1.34. The van der Waals surface area contributed by atoms with Gasteiger partial charge in [-0.2, -0.15) is 9.78 Å². The number of rotatable bonds is 6. The molecule has 0 amide bonds. The maximum atomic E-state index is 14.0. The molecular weight excluding hydrogens is 545 g/mol. The van der Waals surface area contributed by atoms with Crippen molar-refractivity contribution in [3.8, 4) is 0 Å². The lowest BCUT2D eigenvalue weighted by Gasteiger charge is -2.29. The van der Waals surface area contributed by atoms with Crippen molar-refractivity contribution in [2.45, 2.75) is 70.5 Å². The fourth-order valence-corrected chi connectivity index (χ4v) is 5.41. The summed E-state index contributed by atoms with van der Waals surface area (Å²) in [6.45, 7) is 7.46. The van der Waals surface area contributed by atoms with E-state index in [1.54, 1.807) is 16.9 Å². The predicted molar refractivity (Wildman–Crippen MR) is 148 cm³/mol. The lowest BCUT2D eigenvalue weighted by atomic mass is 10.1. The molecule has 208 valence electrons. The standard InChI is InChI=1S/C26H31ClFN7O3S/c1-26(2,3)39(37)30-13-18-12-19(28)8-7-17(18)15-34-21-9-10-33(16-20(21)31-32-34)22-14-29-35(25(36)24(22)27)23-6-4-5-11-38-23/h7-8,12-14,23H,4-6,9-11,15-16H2,1-3H3. The van der Waals surface area contributed by atoms with Crippen LogP contribution in [0, 0.1) is 5.82 Å². The van der Waals surface area contributed by atoms with Gasteiger partial charge in [-0.15, -0.1) is 5.10 Å². The Morgan fingerprint density at radius 2 is 2.15 bits per heavy atom. The summed E-state index contributed by atoms with van der Waals surface area (Å²) < 4.78 is 38.9. The fraction of sp³-hybridized carbons (Fsp3) is 0.500. The third-order valence-corrected chi connectivity index (χ3v) is 8.51. The second kappa shape index (κ2) is 11.4. The monoisotopic (exact) mass is 575 g/mol. The minimum Gasteiger partial charge on any atom is -0.591 e. The maximum Gasteiger partial charge on any atom is 0.290 e. The summed E-state index contributed by atoms with van der Waals surface area (Å²) in [5.41, 5.74) is 3.22. The van der Waals surface area contributed by atoms with E-state index in [-0.39, 0.29) is 16.8 Å². The first kappa shape index (κ1) is 27.8. The van der Waals surface area contributed by atoms with E-state index in [4.69, 9.17) is 16.3 Å². The third kappa shape index (κ3) is 6.03. The van der Waals surface area contributed by atoms with Gasteiger partial charge in [-0.1, -0.05) is 27.3 Å². The first-order valence-electron chi connectivity index (χ1n) is 12.9. The van der Waals surface area contributed by atoms with Crippen LogP contribution in [0.3, 0.4) is 0 Å². The Morgan fingerprint density at radius 1 is 1.33 bits per heavy atom. The van der Waals surface area contributed by atoms with E-state index in [9.17, 15) is 13.7 Å². The van der Waals surface area contributed by atoms with E-state index in [0.717, 1.165) is 36.2 Å². The fourth-order valence-electron chi connectivity index (χ4n) is 4.63. The molecule has 2 aliphatic rings. The Morgan fingerprint density at radius 3 is 2.90 bits per heavy atom. The van der Waals surface area contributed by atoms with Crippen LogP contribution in [0.1, 0.15) is 68.8 Å². The topological polar surface area (TPSA) is 113 Å². The highest BCUT2D eigenvalue weighted by Gasteiger charge is 2.28. The zero-order valence-corrected chi connectivity index (χ0v) is 23.7. The van der Waals surface area contributed by atoms with Crippen LogP contribution < -0.4 is 10.5 Å². The number of fused-ring (bicyclic) bond motifs is 1. The molecule has 5 rings (SSSR count). The molecule has 13 heteroatoms. The smallest absolute Gasteiger partial charge is 0.290 e. The molecule has 0 N–H and O–H groups in total. The van der Waals surface area contributed by atoms with Gasteiger partial charge in [0.1, 0.15) is 32.6 Å². The number of hydrogen-bond acceptors (Lipinski definition) is 8. The summed E-state index contributed by atoms with van der Waals surface area (Å²) in [5, 5.41) is 13.2. The minimum atomic E-state index is -1.46. The van der Waals surface area contributed by atoms with E-state index < -0.39 is 21.9 Å². The van der Waals surface area contributed by atoms with E-state index >= 15 is 0 Å². The Kier molecular flexibility index (Phi) is 8.08. The zero-order chi connectivity index (χ0) is 27.7. The van der Waals surface area contributed by atoms with E-state index in [1.807, 2.05) is 25.7 Å². The van der Waals surface area contributed by atoms with Gasteiger partial charge in [-0.05, 0) is 57.7 Å². The third-order valence-electron chi connectivity index (χ3n) is 6.81. The quantitative estimate of drug-likeness (QED) is 0.324. The lowest BCUT2D eigenvalue weighted by molar-refractivity contribution is -0.0424. The highest BCUT2D eigenvalue weighted by molar-refractivity contribution is 7.91. The van der Waals surface area contributed by atoms with Crippen molar-refractivity contribution in [2.75, 3.05) is 18.1 Å². The second-order valence-electron chi connectivity index (χ2n) is 10.7. The van der Waals surface area contributed by atoms with Gasteiger partial charge in [-0.25, -0.2) is 9.07 Å². The molecule has 2 aliphatic heterocycles. The van der Waals surface area contributed by atoms with Gasteiger partial charge in [0.2, 0.25) is 0 Å². The van der Waals surface area contributed by atoms with Gasteiger partial charge in [0.25, 0.3) is 5.56 Å². The molecule has 2 atom stereocenters. The van der Waals surface area contributed by atoms with Crippen molar-refractivity contribution in [3.05, 3.63) is 68.1 Å². The summed E-state index contributed by atoms with van der Waals surface area (Å²) in [7, 11) is 0. The number of aromatic nitrogens is 5. The predicted octanol–water partition coefficient (Wildman–Crippen LogP) is 3.82. The van der Waals surface area contributed by atoms with Gasteiger partial charge < -0.3 is 14.2 Å². The maximum absolute atomic E-state index is 14.0. The number of anilines is 1. The first-order chi connectivity index (χ1) is 18.6. The van der Waals surface area contributed by atoms with Crippen LogP contribution in [0.2, 0.25) is 5.02 Å². The first-order valence-corrected chi connectivity index (χ1v) is 14.4. The number of nitrogens with zero attached hydrogens (tertiary/aromatic N) is 7. The molecule has 4 heterocycles. The molecule has 2 aromatic heterocycles. The van der Waals surface area contributed by atoms with Crippen molar-refractivity contribution in [1.82, 2.24) is 24.8 Å². The molecule has 0 bridgehead atoms. The lowest BCUT2D eigenvalue weighted by Crippen LogP contribution is -2.36. The van der Waals surface area contributed by atoms with Crippen LogP contribution in [-0.4, -0.2) is 53.4 Å². The molecule has 1 saturated heterocycles. The minimum absolute atomic E-state index is 0.109. The Bertz CT molecular complexity index is 1430. The van der Waals surface area contributed by atoms with Crippen LogP contribution in [0.15, 0.2) is 33.6 Å². The number of ether oxygens (including phenoxy) is 1. The van der Waals surface area contributed by atoms with Crippen molar-refractivity contribution in [1.29, 1.82) is 0 Å². The van der Waals surface area contributed by atoms with Crippen LogP contribution in [-0.2, 0) is 35.6 Å². The molecule has 1 aromatic carbocycles. The SMILES string of the molecule is CC(C)(C)[S+]([O-])N=Cc1cc(F)ccc1Cn1nnc2c1CCN(c1cnn(C3CCCCO3)c(=O)c1Cl)C2. The highest BCUT2D eigenvalue weighted by Crippen LogP contribution is 2.29. The molecule has 0 aliphatic carbocycles. The summed E-state index contributed by atoms with van der Waals surface area (Å²) in [6, 6.07) is 4.43. The average Bonchev–Trinajstić information content (AvgIpc) is 3.31. The molecule has 2 unspecified atom stereocenters. The highest BCUT2D eigenvalue weighted by atomic mass is 35.5. The van der Waals surface area contributed by atoms with Crippen molar-refractivity contribution in [2.24, 2.45) is 4.40 Å². The number of halogens is 2. The van der Waals surface area contributed by atoms with E-state index in [2.05, 4.69) is 19.8 Å². The zero-order valence-electron chi connectivity index (χ0n) is 22.1. The average molecular weight is 576 g/mol. The number of benzene rings is 1. The van der Waals surface area contributed by atoms with Crippen LogP contribution in [0.4, 0.5) is 10.1 Å². The van der Waals surface area contributed by atoms with E-state index in [0.29, 0.717) is 43.9 Å². The Labute approximate surface area is 234 Å². The van der Waals surface area contributed by atoms with Gasteiger partial charge in [0, 0.05) is 25.1 Å². The largest absolute Gasteiger partial charge is 0.591 e. The summed E-state index contributed by atoms with van der Waals surface area (Å²) in [6.07, 6.45) is 5.98. The summed E-state index contributed by atoms with van der Waals surface area (Å²) in [5.74, 6) is -0.402. The van der Waals surface area contributed by atoms with Crippen molar-refractivity contribution in [3.63, 3.8) is 0 Å². The Hall–Kier alpha value is -2.80. The number of hydrogen-bond donors (Lipinski definition) is 0. The van der Waals surface area contributed by atoms with Crippen molar-refractivity contribution >= 4 is 34.9 Å². The molecule has 0 saturated carbocycles. The van der Waals surface area contributed by atoms with Gasteiger partial charge in [0.15, 0.2) is 6.23 Å². The molecule has 0 radical (unpaired) electrons. The molecule has 10 nitrogen and oxygen atoms in total. The van der Waals surface area contributed by atoms with Gasteiger partial charge >= 0.3 is 0 Å². The molecular formula is C26H31ClFN7O3S. The normalized spacial score (nSPS) is 18.9. The van der Waals surface area contributed by atoms with Crippen LogP contribution in [0.25, 0.3) is 0 Å². The van der Waals surface area contributed by atoms with Crippen LogP contribution in [0.5, 0.6) is 0 Å². The molecule has 0 spiro atoms. The summed E-state index contributed by atoms with van der Waals surface area (Å²) in [4.78, 5) is 14.9. The van der Waals surface area contributed by atoms with E-state index in [1.165, 1.54) is 23.0 Å². The molecule has 39 heavy (non-hydrogen) atoms.